The molecule has 0 aromatic heterocycles. The fourth-order valence-corrected chi connectivity index (χ4v) is 4.63. The zero-order chi connectivity index (χ0) is 18.3. The Hall–Kier alpha value is -2.40. The smallest absolute Gasteiger partial charge is 0.308 e. The zero-order valence-electron chi connectivity index (χ0n) is 14.9. The Morgan fingerprint density at radius 3 is 2.69 bits per heavy atom. The van der Waals surface area contributed by atoms with Gasteiger partial charge in [0.15, 0.2) is 0 Å². The summed E-state index contributed by atoms with van der Waals surface area (Å²) in [5.41, 5.74) is 1.07. The molecule has 0 radical (unpaired) electrons. The molecule has 0 spiro atoms. The maximum Gasteiger partial charge on any atom is 0.308 e. The zero-order valence-corrected chi connectivity index (χ0v) is 14.9. The summed E-state index contributed by atoms with van der Waals surface area (Å²) in [5, 5.41) is 14.8. The van der Waals surface area contributed by atoms with Gasteiger partial charge >= 0.3 is 5.97 Å². The molecule has 0 aliphatic carbocycles. The van der Waals surface area contributed by atoms with E-state index in [2.05, 4.69) is 34.5 Å². The maximum atomic E-state index is 12.5. The van der Waals surface area contributed by atoms with E-state index in [0.29, 0.717) is 6.42 Å². The van der Waals surface area contributed by atoms with Gasteiger partial charge in [0.05, 0.1) is 18.5 Å². The Labute approximate surface area is 153 Å². The number of carboxylic acids is 1. The number of nitrogens with zero attached hydrogens (tertiary/aromatic N) is 1. The highest BCUT2D eigenvalue weighted by Gasteiger charge is 2.49. The first-order valence-corrected chi connectivity index (χ1v) is 9.29. The van der Waals surface area contributed by atoms with E-state index in [1.165, 1.54) is 5.39 Å². The fourth-order valence-electron chi connectivity index (χ4n) is 4.63. The van der Waals surface area contributed by atoms with Crippen LogP contribution in [0.1, 0.15) is 37.8 Å². The van der Waals surface area contributed by atoms with Crippen molar-refractivity contribution in [2.45, 2.75) is 44.3 Å². The van der Waals surface area contributed by atoms with Gasteiger partial charge in [-0.25, -0.2) is 0 Å². The number of rotatable bonds is 5. The number of amides is 1. The monoisotopic (exact) mass is 352 g/mol. The van der Waals surface area contributed by atoms with Gasteiger partial charge in [-0.2, -0.15) is 0 Å². The van der Waals surface area contributed by atoms with Crippen molar-refractivity contribution in [3.05, 3.63) is 48.0 Å². The van der Waals surface area contributed by atoms with E-state index in [9.17, 15) is 14.7 Å². The summed E-state index contributed by atoms with van der Waals surface area (Å²) < 4.78 is 0. The van der Waals surface area contributed by atoms with Crippen molar-refractivity contribution in [3.8, 4) is 0 Å². The number of hydrogen-bond donors (Lipinski definition) is 2. The Balaban J connectivity index is 1.40. The molecule has 2 aliphatic rings. The summed E-state index contributed by atoms with van der Waals surface area (Å²) in [5.74, 6) is -1.08. The van der Waals surface area contributed by atoms with Crippen LogP contribution in [0.15, 0.2) is 42.5 Å². The van der Waals surface area contributed by atoms with Crippen molar-refractivity contribution in [1.29, 1.82) is 0 Å². The third kappa shape index (κ3) is 3.07. The number of carbonyl (C=O) groups is 2. The Kier molecular flexibility index (Phi) is 4.41. The number of carboxylic acid groups (broad SMARTS) is 1. The fraction of sp³-hybridized carbons (Fsp3) is 0.429. The lowest BCUT2D eigenvalue weighted by molar-refractivity contribution is -0.143. The number of fused-ring (bicyclic) bond motifs is 3. The van der Waals surface area contributed by atoms with Crippen LogP contribution in [-0.4, -0.2) is 40.5 Å². The van der Waals surface area contributed by atoms with Crippen molar-refractivity contribution < 1.29 is 14.7 Å². The second-order valence-electron chi connectivity index (χ2n) is 7.55. The second-order valence-corrected chi connectivity index (χ2v) is 7.55. The summed E-state index contributed by atoms with van der Waals surface area (Å²) in [4.78, 5) is 26.0. The maximum absolute atomic E-state index is 12.5. The molecule has 4 unspecified atom stereocenters. The van der Waals surface area contributed by atoms with Crippen LogP contribution in [0.4, 0.5) is 0 Å². The summed E-state index contributed by atoms with van der Waals surface area (Å²) >= 11 is 0. The molecule has 5 nitrogen and oxygen atoms in total. The first-order chi connectivity index (χ1) is 12.5. The topological polar surface area (TPSA) is 69.6 Å². The number of carbonyl (C=O) groups excluding carboxylic acids is 1. The molecule has 5 heteroatoms. The predicted octanol–water partition coefficient (Wildman–Crippen LogP) is 2.95. The number of aliphatic carboxylic acids is 1. The minimum Gasteiger partial charge on any atom is -0.481 e. The van der Waals surface area contributed by atoms with Crippen molar-refractivity contribution in [2.24, 2.45) is 5.92 Å². The van der Waals surface area contributed by atoms with Gasteiger partial charge in [-0.15, -0.1) is 0 Å². The molecule has 2 fully saturated rings. The molecule has 2 saturated heterocycles. The molecule has 4 rings (SSSR count). The van der Waals surface area contributed by atoms with Gasteiger partial charge < -0.3 is 10.4 Å². The molecule has 4 atom stereocenters. The van der Waals surface area contributed by atoms with E-state index in [1.807, 2.05) is 25.1 Å². The predicted molar refractivity (Wildman–Crippen MR) is 99.8 cm³/mol. The van der Waals surface area contributed by atoms with Gasteiger partial charge in [0.1, 0.15) is 0 Å². The van der Waals surface area contributed by atoms with E-state index < -0.39 is 5.97 Å². The van der Waals surface area contributed by atoms with Gasteiger partial charge in [-0.1, -0.05) is 36.4 Å². The van der Waals surface area contributed by atoms with Crippen LogP contribution < -0.4 is 5.32 Å². The molecular formula is C21H24N2O3. The van der Waals surface area contributed by atoms with E-state index in [-0.39, 0.29) is 36.5 Å². The van der Waals surface area contributed by atoms with Crippen molar-refractivity contribution in [2.75, 3.05) is 6.54 Å². The first-order valence-electron chi connectivity index (χ1n) is 9.29. The van der Waals surface area contributed by atoms with Crippen molar-refractivity contribution in [1.82, 2.24) is 10.2 Å². The van der Waals surface area contributed by atoms with Crippen molar-refractivity contribution in [3.63, 3.8) is 0 Å². The van der Waals surface area contributed by atoms with E-state index in [4.69, 9.17) is 0 Å². The van der Waals surface area contributed by atoms with E-state index in [1.54, 1.807) is 0 Å². The van der Waals surface area contributed by atoms with E-state index in [0.717, 1.165) is 23.8 Å². The molecule has 2 aliphatic heterocycles. The number of hydrogen-bond acceptors (Lipinski definition) is 3. The lowest BCUT2D eigenvalue weighted by atomic mass is 9.89. The summed E-state index contributed by atoms with van der Waals surface area (Å²) in [6.45, 7) is 2.28. The van der Waals surface area contributed by atoms with Gasteiger partial charge in [-0.3, -0.25) is 14.5 Å². The first kappa shape index (κ1) is 17.0. The number of benzene rings is 2. The molecule has 0 saturated carbocycles. The van der Waals surface area contributed by atoms with Gasteiger partial charge in [0, 0.05) is 12.1 Å². The quantitative estimate of drug-likeness (QED) is 0.868. The van der Waals surface area contributed by atoms with Gasteiger partial charge in [-0.05, 0) is 48.6 Å². The van der Waals surface area contributed by atoms with Crippen LogP contribution in [0.25, 0.3) is 10.8 Å². The minimum absolute atomic E-state index is 0.0132. The average Bonchev–Trinajstić information content (AvgIpc) is 3.18. The third-order valence-corrected chi connectivity index (χ3v) is 5.98. The summed E-state index contributed by atoms with van der Waals surface area (Å²) in [7, 11) is 0. The van der Waals surface area contributed by atoms with Gasteiger partial charge in [0.2, 0.25) is 5.91 Å². The molecule has 2 bridgehead atoms. The highest BCUT2D eigenvalue weighted by Crippen LogP contribution is 2.41. The Morgan fingerprint density at radius 1 is 1.19 bits per heavy atom. The molecule has 2 N–H and O–H groups in total. The Morgan fingerprint density at radius 2 is 1.96 bits per heavy atom. The summed E-state index contributed by atoms with van der Waals surface area (Å²) in [6, 6.07) is 14.6. The molecule has 2 aromatic carbocycles. The third-order valence-electron chi connectivity index (χ3n) is 5.98. The number of nitrogens with one attached hydrogen (secondary N) is 1. The molecule has 26 heavy (non-hydrogen) atoms. The lowest BCUT2D eigenvalue weighted by Crippen LogP contribution is -2.41. The van der Waals surface area contributed by atoms with Crippen LogP contribution in [0.5, 0.6) is 0 Å². The highest BCUT2D eigenvalue weighted by atomic mass is 16.4. The second kappa shape index (κ2) is 6.72. The normalized spacial score (nSPS) is 26.1. The largest absolute Gasteiger partial charge is 0.481 e. The molecule has 1 amide bonds. The average molecular weight is 352 g/mol. The van der Waals surface area contributed by atoms with Crippen LogP contribution in [0.2, 0.25) is 0 Å². The van der Waals surface area contributed by atoms with Crippen molar-refractivity contribution >= 4 is 22.6 Å². The molecule has 136 valence electrons. The standard InChI is InChI=1S/C21H24N2O3/c1-13(15-7-6-14-4-2-3-5-16(14)10-15)22-20(24)12-23-17-8-9-19(23)18(11-17)21(25)26/h2-7,10,13,17-19H,8-9,11-12H2,1H3,(H,22,24)(H,25,26). The highest BCUT2D eigenvalue weighted by molar-refractivity contribution is 5.83. The van der Waals surface area contributed by atoms with Crippen LogP contribution in [0.3, 0.4) is 0 Å². The van der Waals surface area contributed by atoms with Crippen LogP contribution in [0, 0.1) is 5.92 Å². The summed E-state index contributed by atoms with van der Waals surface area (Å²) in [6.07, 6.45) is 2.56. The van der Waals surface area contributed by atoms with Crippen LogP contribution in [-0.2, 0) is 9.59 Å². The lowest BCUT2D eigenvalue weighted by Gasteiger charge is -2.23. The van der Waals surface area contributed by atoms with E-state index >= 15 is 0 Å². The molecule has 2 heterocycles. The Bertz CT molecular complexity index is 850. The molecular weight excluding hydrogens is 328 g/mol. The SMILES string of the molecule is CC(NC(=O)CN1C2CCC1C(C(=O)O)C2)c1ccc2ccccc2c1. The van der Waals surface area contributed by atoms with Gasteiger partial charge in [0.25, 0.3) is 0 Å². The molecule has 2 aromatic rings. The van der Waals surface area contributed by atoms with Crippen LogP contribution >= 0.6 is 0 Å². The minimum atomic E-state index is -0.730.